The molecular formula is C15H29N3O. The van der Waals surface area contributed by atoms with Gasteiger partial charge >= 0.3 is 0 Å². The number of likely N-dealkylation sites (N-methyl/N-ethyl adjacent to an activating group) is 1. The Bertz CT molecular complexity index is 308. The van der Waals surface area contributed by atoms with E-state index in [0.29, 0.717) is 17.9 Å². The predicted octanol–water partition coefficient (Wildman–Crippen LogP) is 1.30. The van der Waals surface area contributed by atoms with Gasteiger partial charge in [-0.2, -0.15) is 0 Å². The first-order chi connectivity index (χ1) is 9.15. The number of nitrogens with two attached hydrogens (primary N) is 1. The van der Waals surface area contributed by atoms with Gasteiger partial charge in [-0.15, -0.1) is 0 Å². The molecule has 3 unspecified atom stereocenters. The van der Waals surface area contributed by atoms with Crippen molar-refractivity contribution in [3.05, 3.63) is 0 Å². The van der Waals surface area contributed by atoms with Gasteiger partial charge in [0, 0.05) is 31.6 Å². The zero-order valence-corrected chi connectivity index (χ0v) is 12.5. The molecule has 0 bridgehead atoms. The zero-order valence-electron chi connectivity index (χ0n) is 12.5. The number of rotatable bonds is 3. The highest BCUT2D eigenvalue weighted by molar-refractivity contribution is 5.79. The molecule has 2 fully saturated rings. The van der Waals surface area contributed by atoms with Crippen molar-refractivity contribution in [3.8, 4) is 0 Å². The number of hydrogen-bond donors (Lipinski definition) is 1. The smallest absolute Gasteiger partial charge is 0.225 e. The van der Waals surface area contributed by atoms with E-state index in [1.807, 2.05) is 0 Å². The Kier molecular flexibility index (Phi) is 5.22. The number of amides is 1. The summed E-state index contributed by atoms with van der Waals surface area (Å²) in [5.41, 5.74) is 5.77. The van der Waals surface area contributed by atoms with Crippen LogP contribution >= 0.6 is 0 Å². The highest BCUT2D eigenvalue weighted by Gasteiger charge is 2.32. The first-order valence-electron chi connectivity index (χ1n) is 7.88. The number of carbonyl (C=O) groups excluding carboxylic acids is 1. The van der Waals surface area contributed by atoms with Gasteiger partial charge in [0.2, 0.25) is 5.91 Å². The molecule has 0 aromatic heterocycles. The lowest BCUT2D eigenvalue weighted by Crippen LogP contribution is -2.54. The Morgan fingerprint density at radius 1 is 1.32 bits per heavy atom. The summed E-state index contributed by atoms with van der Waals surface area (Å²) in [6, 6.07) is 0.497. The summed E-state index contributed by atoms with van der Waals surface area (Å²) in [5, 5.41) is 0. The number of piperazine rings is 1. The van der Waals surface area contributed by atoms with Gasteiger partial charge in [-0.3, -0.25) is 9.69 Å². The van der Waals surface area contributed by atoms with E-state index in [1.54, 1.807) is 0 Å². The fourth-order valence-electron chi connectivity index (χ4n) is 3.65. The minimum absolute atomic E-state index is 0.239. The summed E-state index contributed by atoms with van der Waals surface area (Å²) < 4.78 is 0. The van der Waals surface area contributed by atoms with E-state index in [1.165, 1.54) is 12.8 Å². The Labute approximate surface area is 117 Å². The van der Waals surface area contributed by atoms with Crippen LogP contribution in [0, 0.1) is 11.8 Å². The molecule has 0 radical (unpaired) electrons. The summed E-state index contributed by atoms with van der Waals surface area (Å²) in [7, 11) is 0. The Morgan fingerprint density at radius 3 is 2.74 bits per heavy atom. The van der Waals surface area contributed by atoms with Gasteiger partial charge in [0.05, 0.1) is 0 Å². The molecule has 1 saturated heterocycles. The highest BCUT2D eigenvalue weighted by Crippen LogP contribution is 2.30. The predicted molar refractivity (Wildman–Crippen MR) is 77.8 cm³/mol. The number of nitrogens with zero attached hydrogens (tertiary/aromatic N) is 2. The summed E-state index contributed by atoms with van der Waals surface area (Å²) >= 11 is 0. The van der Waals surface area contributed by atoms with Gasteiger partial charge < -0.3 is 10.6 Å². The largest absolute Gasteiger partial charge is 0.340 e. The fourth-order valence-corrected chi connectivity index (χ4v) is 3.65. The molecule has 4 nitrogen and oxygen atoms in total. The second kappa shape index (κ2) is 6.71. The average Bonchev–Trinajstić information content (AvgIpc) is 2.46. The van der Waals surface area contributed by atoms with Crippen molar-refractivity contribution in [3.63, 3.8) is 0 Å². The second-order valence-corrected chi connectivity index (χ2v) is 6.23. The van der Waals surface area contributed by atoms with E-state index >= 15 is 0 Å². The van der Waals surface area contributed by atoms with E-state index in [4.69, 9.17) is 5.73 Å². The SMILES string of the molecule is CCN1CCN(C(=O)C2CCCC(CN)C2)CC1C. The van der Waals surface area contributed by atoms with Crippen LogP contribution in [-0.4, -0.2) is 54.5 Å². The first-order valence-corrected chi connectivity index (χ1v) is 7.88. The fraction of sp³-hybridized carbons (Fsp3) is 0.933. The average molecular weight is 267 g/mol. The van der Waals surface area contributed by atoms with Crippen LogP contribution in [0.1, 0.15) is 39.5 Å². The van der Waals surface area contributed by atoms with E-state index < -0.39 is 0 Å². The highest BCUT2D eigenvalue weighted by atomic mass is 16.2. The van der Waals surface area contributed by atoms with Gasteiger partial charge in [-0.1, -0.05) is 13.3 Å². The lowest BCUT2D eigenvalue weighted by Gasteiger charge is -2.41. The third kappa shape index (κ3) is 3.48. The van der Waals surface area contributed by atoms with Crippen LogP contribution in [0.15, 0.2) is 0 Å². The van der Waals surface area contributed by atoms with Crippen LogP contribution in [0.3, 0.4) is 0 Å². The van der Waals surface area contributed by atoms with Gasteiger partial charge in [-0.05, 0) is 45.2 Å². The maximum Gasteiger partial charge on any atom is 0.225 e. The molecule has 0 aromatic carbocycles. The van der Waals surface area contributed by atoms with Crippen LogP contribution < -0.4 is 5.73 Å². The van der Waals surface area contributed by atoms with Crippen LogP contribution in [0.4, 0.5) is 0 Å². The van der Waals surface area contributed by atoms with Gasteiger partial charge in [0.25, 0.3) is 0 Å². The van der Waals surface area contributed by atoms with Crippen molar-refractivity contribution in [2.24, 2.45) is 17.6 Å². The molecule has 0 spiro atoms. The molecule has 2 aliphatic rings. The van der Waals surface area contributed by atoms with E-state index in [9.17, 15) is 4.79 Å². The normalized spacial score (nSPS) is 33.4. The molecule has 110 valence electrons. The summed E-state index contributed by atoms with van der Waals surface area (Å²) in [6.07, 6.45) is 4.46. The second-order valence-electron chi connectivity index (χ2n) is 6.23. The maximum atomic E-state index is 12.6. The zero-order chi connectivity index (χ0) is 13.8. The Hall–Kier alpha value is -0.610. The summed E-state index contributed by atoms with van der Waals surface area (Å²) in [4.78, 5) is 17.2. The third-order valence-corrected chi connectivity index (χ3v) is 4.95. The van der Waals surface area contributed by atoms with Gasteiger partial charge in [-0.25, -0.2) is 0 Å². The minimum atomic E-state index is 0.239. The van der Waals surface area contributed by atoms with Crippen molar-refractivity contribution in [2.45, 2.75) is 45.6 Å². The molecule has 19 heavy (non-hydrogen) atoms. The standard InChI is InChI=1S/C15H29N3O/c1-3-17-7-8-18(11-12(17)2)15(19)14-6-4-5-13(9-14)10-16/h12-14H,3-11,16H2,1-2H3. The quantitative estimate of drug-likeness (QED) is 0.838. The molecule has 0 aromatic rings. The molecule has 1 aliphatic carbocycles. The van der Waals surface area contributed by atoms with Crippen LogP contribution in [0.2, 0.25) is 0 Å². The van der Waals surface area contributed by atoms with E-state index in [-0.39, 0.29) is 5.92 Å². The van der Waals surface area contributed by atoms with Crippen LogP contribution in [0.25, 0.3) is 0 Å². The molecule has 1 amide bonds. The van der Waals surface area contributed by atoms with E-state index in [0.717, 1.165) is 45.6 Å². The summed E-state index contributed by atoms with van der Waals surface area (Å²) in [6.45, 7) is 9.08. The maximum absolute atomic E-state index is 12.6. The molecule has 1 saturated carbocycles. The van der Waals surface area contributed by atoms with Crippen LogP contribution in [-0.2, 0) is 4.79 Å². The molecule has 1 heterocycles. The van der Waals surface area contributed by atoms with Gasteiger partial charge in [0.1, 0.15) is 0 Å². The van der Waals surface area contributed by atoms with Crippen molar-refractivity contribution in [1.82, 2.24) is 9.80 Å². The van der Waals surface area contributed by atoms with Crippen molar-refractivity contribution >= 4 is 5.91 Å². The topological polar surface area (TPSA) is 49.6 Å². The van der Waals surface area contributed by atoms with Crippen molar-refractivity contribution in [1.29, 1.82) is 0 Å². The van der Waals surface area contributed by atoms with Gasteiger partial charge in [0.15, 0.2) is 0 Å². The van der Waals surface area contributed by atoms with Crippen LogP contribution in [0.5, 0.6) is 0 Å². The number of hydrogen-bond acceptors (Lipinski definition) is 3. The monoisotopic (exact) mass is 267 g/mol. The van der Waals surface area contributed by atoms with Crippen molar-refractivity contribution in [2.75, 3.05) is 32.7 Å². The molecule has 4 heteroatoms. The van der Waals surface area contributed by atoms with Crippen molar-refractivity contribution < 1.29 is 4.79 Å². The first kappa shape index (κ1) is 14.8. The lowest BCUT2D eigenvalue weighted by atomic mass is 9.80. The number of carbonyl (C=O) groups is 1. The third-order valence-electron chi connectivity index (χ3n) is 4.95. The molecule has 2 N–H and O–H groups in total. The molecule has 2 rings (SSSR count). The Morgan fingerprint density at radius 2 is 2.11 bits per heavy atom. The molecule has 1 aliphatic heterocycles. The molecule has 3 atom stereocenters. The van der Waals surface area contributed by atoms with E-state index in [2.05, 4.69) is 23.6 Å². The lowest BCUT2D eigenvalue weighted by molar-refractivity contribution is -0.140. The Balaban J connectivity index is 1.89. The minimum Gasteiger partial charge on any atom is -0.340 e. The summed E-state index contributed by atoms with van der Waals surface area (Å²) in [5.74, 6) is 1.19. The molecular weight excluding hydrogens is 238 g/mol.